The largest absolute Gasteiger partial charge is 0.420 e. The smallest absolute Gasteiger partial charge is 0.271 e. The van der Waals surface area contributed by atoms with E-state index in [1.165, 1.54) is 18.2 Å². The average molecular weight is 379 g/mol. The Hall–Kier alpha value is -2.26. The molecule has 4 rings (SSSR count). The van der Waals surface area contributed by atoms with Gasteiger partial charge in [0.1, 0.15) is 10.0 Å². The number of aromatic nitrogens is 2. The number of aryl methyl sites for hydroxylation is 1. The Bertz CT molecular complexity index is 1040. The summed E-state index contributed by atoms with van der Waals surface area (Å²) in [5.74, 6) is 0.770. The Balaban J connectivity index is 1.57. The van der Waals surface area contributed by atoms with Crippen molar-refractivity contribution in [3.63, 3.8) is 0 Å². The highest BCUT2D eigenvalue weighted by Crippen LogP contribution is 2.40. The first-order valence-corrected chi connectivity index (χ1v) is 10.00. The number of nitrogens with zero attached hydrogens (tertiary/aromatic N) is 2. The molecule has 3 aromatic rings. The molecule has 6 nitrogen and oxygen atoms in total. The minimum atomic E-state index is -3.82. The van der Waals surface area contributed by atoms with E-state index < -0.39 is 15.8 Å². The van der Waals surface area contributed by atoms with Crippen LogP contribution >= 0.6 is 11.3 Å². The molecule has 0 saturated heterocycles. The molecule has 1 fully saturated rings. The number of anilines is 1. The summed E-state index contributed by atoms with van der Waals surface area (Å²) in [4.78, 5) is 0. The third kappa shape index (κ3) is 3.29. The second-order valence-electron chi connectivity index (χ2n) is 5.94. The third-order valence-electron chi connectivity index (χ3n) is 3.88. The van der Waals surface area contributed by atoms with Crippen molar-refractivity contribution in [1.82, 2.24) is 10.2 Å². The summed E-state index contributed by atoms with van der Waals surface area (Å²) >= 11 is 1.04. The molecule has 25 heavy (non-hydrogen) atoms. The highest BCUT2D eigenvalue weighted by atomic mass is 32.2. The van der Waals surface area contributed by atoms with E-state index in [0.717, 1.165) is 30.2 Å². The molecule has 1 aliphatic rings. The van der Waals surface area contributed by atoms with E-state index in [2.05, 4.69) is 14.9 Å². The van der Waals surface area contributed by atoms with E-state index in [0.29, 0.717) is 28.8 Å². The van der Waals surface area contributed by atoms with Crippen LogP contribution in [0.15, 0.2) is 38.3 Å². The average Bonchev–Trinajstić information content (AvgIpc) is 3.10. The molecule has 1 aromatic carbocycles. The zero-order valence-electron chi connectivity index (χ0n) is 13.2. The maximum absolute atomic E-state index is 13.6. The third-order valence-corrected chi connectivity index (χ3v) is 6.70. The predicted octanol–water partition coefficient (Wildman–Crippen LogP) is 3.92. The van der Waals surface area contributed by atoms with Crippen molar-refractivity contribution >= 4 is 27.0 Å². The lowest BCUT2D eigenvalue weighted by Crippen LogP contribution is -2.11. The van der Waals surface area contributed by atoms with Crippen molar-refractivity contribution in [3.8, 4) is 11.5 Å². The van der Waals surface area contributed by atoms with Crippen molar-refractivity contribution in [2.24, 2.45) is 0 Å². The Kier molecular flexibility index (Phi) is 3.84. The number of benzene rings is 1. The highest BCUT2D eigenvalue weighted by molar-refractivity contribution is 7.94. The standard InChI is InChI=1S/C16H14FN3O3S2/c1-9-2-5-12(7-13(9)17)20-25(21,22)14-6-11(8-24-14)16-19-18-15(23-16)10-3-4-10/h2,5-8,10,20H,3-4H2,1H3. The molecule has 0 radical (unpaired) electrons. The van der Waals surface area contributed by atoms with Crippen LogP contribution in [-0.2, 0) is 10.0 Å². The molecule has 1 aliphatic carbocycles. The van der Waals surface area contributed by atoms with Gasteiger partial charge in [-0.15, -0.1) is 21.5 Å². The van der Waals surface area contributed by atoms with Gasteiger partial charge in [0.2, 0.25) is 11.8 Å². The first-order chi connectivity index (χ1) is 11.9. The molecule has 0 unspecified atom stereocenters. The fraction of sp³-hybridized carbons (Fsp3) is 0.250. The van der Waals surface area contributed by atoms with Crippen LogP contribution in [0.3, 0.4) is 0 Å². The zero-order valence-corrected chi connectivity index (χ0v) is 14.8. The molecule has 9 heteroatoms. The van der Waals surface area contributed by atoms with Crippen molar-refractivity contribution in [2.75, 3.05) is 4.72 Å². The predicted molar refractivity (Wildman–Crippen MR) is 91.5 cm³/mol. The van der Waals surface area contributed by atoms with Gasteiger partial charge < -0.3 is 4.42 Å². The van der Waals surface area contributed by atoms with Gasteiger partial charge >= 0.3 is 0 Å². The summed E-state index contributed by atoms with van der Waals surface area (Å²) in [6, 6.07) is 5.67. The van der Waals surface area contributed by atoms with Crippen LogP contribution in [0.1, 0.15) is 30.2 Å². The second kappa shape index (κ2) is 5.92. The van der Waals surface area contributed by atoms with Gasteiger partial charge in [-0.3, -0.25) is 4.72 Å². The van der Waals surface area contributed by atoms with Gasteiger partial charge in [-0.25, -0.2) is 12.8 Å². The van der Waals surface area contributed by atoms with E-state index in [4.69, 9.17) is 4.42 Å². The number of halogens is 1. The first kappa shape index (κ1) is 16.2. The first-order valence-electron chi connectivity index (χ1n) is 7.64. The van der Waals surface area contributed by atoms with E-state index in [-0.39, 0.29) is 9.90 Å². The lowest BCUT2D eigenvalue weighted by Gasteiger charge is -2.07. The molecule has 0 atom stereocenters. The molecule has 0 bridgehead atoms. The number of hydrogen-bond acceptors (Lipinski definition) is 6. The minimum Gasteiger partial charge on any atom is -0.420 e. The summed E-state index contributed by atoms with van der Waals surface area (Å²) in [7, 11) is -3.82. The molecule has 2 heterocycles. The Morgan fingerprint density at radius 2 is 2.08 bits per heavy atom. The second-order valence-corrected chi connectivity index (χ2v) is 8.76. The van der Waals surface area contributed by atoms with Crippen molar-refractivity contribution in [3.05, 3.63) is 46.9 Å². The SMILES string of the molecule is Cc1ccc(NS(=O)(=O)c2cc(-c3nnc(C4CC4)o3)cs2)cc1F. The van der Waals surface area contributed by atoms with E-state index in [9.17, 15) is 12.8 Å². The summed E-state index contributed by atoms with van der Waals surface area (Å²) in [5, 5.41) is 9.61. The zero-order chi connectivity index (χ0) is 17.6. The van der Waals surface area contributed by atoms with Gasteiger partial charge in [-0.05, 0) is 43.5 Å². The molecular formula is C16H14FN3O3S2. The lowest BCUT2D eigenvalue weighted by molar-refractivity contribution is 0.508. The van der Waals surface area contributed by atoms with E-state index in [1.807, 2.05) is 0 Å². The number of rotatable bonds is 5. The maximum atomic E-state index is 13.6. The van der Waals surface area contributed by atoms with E-state index in [1.54, 1.807) is 12.3 Å². The van der Waals surface area contributed by atoms with Crippen molar-refractivity contribution < 1.29 is 17.2 Å². The van der Waals surface area contributed by atoms with Crippen LogP contribution in [0.25, 0.3) is 11.5 Å². The van der Waals surface area contributed by atoms with Gasteiger partial charge in [-0.1, -0.05) is 6.07 Å². The van der Waals surface area contributed by atoms with Gasteiger partial charge in [0.25, 0.3) is 10.0 Å². The number of thiophene rings is 1. The van der Waals surface area contributed by atoms with Gasteiger partial charge in [0, 0.05) is 11.3 Å². The number of sulfonamides is 1. The minimum absolute atomic E-state index is 0.0923. The van der Waals surface area contributed by atoms with Crippen molar-refractivity contribution in [1.29, 1.82) is 0 Å². The molecular weight excluding hydrogens is 365 g/mol. The fourth-order valence-corrected chi connectivity index (χ4v) is 4.48. The molecule has 130 valence electrons. The summed E-state index contributed by atoms with van der Waals surface area (Å²) in [6.45, 7) is 1.61. The summed E-state index contributed by atoms with van der Waals surface area (Å²) < 4.78 is 46.6. The molecule has 0 spiro atoms. The highest BCUT2D eigenvalue weighted by Gasteiger charge is 2.30. The van der Waals surface area contributed by atoms with Crippen LogP contribution < -0.4 is 4.72 Å². The molecule has 1 N–H and O–H groups in total. The van der Waals surface area contributed by atoms with Crippen LogP contribution in [0.5, 0.6) is 0 Å². The number of nitrogens with one attached hydrogen (secondary N) is 1. The maximum Gasteiger partial charge on any atom is 0.271 e. The fourth-order valence-electron chi connectivity index (χ4n) is 2.28. The van der Waals surface area contributed by atoms with Crippen LogP contribution in [-0.4, -0.2) is 18.6 Å². The topological polar surface area (TPSA) is 85.1 Å². The molecule has 0 amide bonds. The van der Waals surface area contributed by atoms with E-state index >= 15 is 0 Å². The Labute approximate surface area is 147 Å². The summed E-state index contributed by atoms with van der Waals surface area (Å²) in [5.41, 5.74) is 1.18. The molecule has 2 aromatic heterocycles. The van der Waals surface area contributed by atoms with Crippen molar-refractivity contribution in [2.45, 2.75) is 29.9 Å². The van der Waals surface area contributed by atoms with Crippen LogP contribution in [0, 0.1) is 12.7 Å². The normalized spacial score (nSPS) is 14.6. The summed E-state index contributed by atoms with van der Waals surface area (Å²) in [6.07, 6.45) is 2.09. The number of hydrogen-bond donors (Lipinski definition) is 1. The quantitative estimate of drug-likeness (QED) is 0.726. The van der Waals surface area contributed by atoms with Gasteiger partial charge in [0.15, 0.2) is 0 Å². The Morgan fingerprint density at radius 3 is 2.80 bits per heavy atom. The van der Waals surface area contributed by atoms with Gasteiger partial charge in [0.05, 0.1) is 11.3 Å². The molecule has 1 saturated carbocycles. The lowest BCUT2D eigenvalue weighted by atomic mass is 10.2. The van der Waals surface area contributed by atoms with Crippen LogP contribution in [0.4, 0.5) is 10.1 Å². The van der Waals surface area contributed by atoms with Gasteiger partial charge in [-0.2, -0.15) is 0 Å². The monoisotopic (exact) mass is 379 g/mol. The van der Waals surface area contributed by atoms with Crippen LogP contribution in [0.2, 0.25) is 0 Å². The molecule has 0 aliphatic heterocycles. The Morgan fingerprint density at radius 1 is 1.28 bits per heavy atom.